The zero-order chi connectivity index (χ0) is 24.3. The van der Waals surface area contributed by atoms with Gasteiger partial charge in [-0.25, -0.2) is 0 Å². The highest BCUT2D eigenvalue weighted by molar-refractivity contribution is 6.31. The predicted octanol–water partition coefficient (Wildman–Crippen LogP) is 4.85. The van der Waals surface area contributed by atoms with Gasteiger partial charge in [-0.1, -0.05) is 55.8 Å². The van der Waals surface area contributed by atoms with Crippen molar-refractivity contribution in [2.24, 2.45) is 5.92 Å². The van der Waals surface area contributed by atoms with Crippen LogP contribution in [0.25, 0.3) is 0 Å². The van der Waals surface area contributed by atoms with Gasteiger partial charge < -0.3 is 15.1 Å². The normalized spacial score (nSPS) is 17.5. The van der Waals surface area contributed by atoms with E-state index in [2.05, 4.69) is 47.2 Å². The van der Waals surface area contributed by atoms with Gasteiger partial charge in [0, 0.05) is 55.4 Å². The molecule has 184 valence electrons. The van der Waals surface area contributed by atoms with Gasteiger partial charge >= 0.3 is 0 Å². The summed E-state index contributed by atoms with van der Waals surface area (Å²) in [5.74, 6) is 0.978. The van der Waals surface area contributed by atoms with Crippen LogP contribution >= 0.6 is 11.6 Å². The van der Waals surface area contributed by atoms with Crippen molar-refractivity contribution in [3.05, 3.63) is 64.2 Å². The summed E-state index contributed by atoms with van der Waals surface area (Å²) in [6.45, 7) is 10.2. The first kappa shape index (κ1) is 25.0. The lowest BCUT2D eigenvalue weighted by Crippen LogP contribution is -2.44. The van der Waals surface area contributed by atoms with Crippen LogP contribution in [-0.2, 0) is 23.3 Å². The summed E-state index contributed by atoms with van der Waals surface area (Å²) in [5, 5.41) is 4.21. The molecule has 5 nitrogen and oxygen atoms in total. The summed E-state index contributed by atoms with van der Waals surface area (Å²) in [5.41, 5.74) is 4.85. The van der Waals surface area contributed by atoms with Gasteiger partial charge in [-0.15, -0.1) is 0 Å². The Bertz CT molecular complexity index is 1000. The molecule has 0 aromatic heterocycles. The Balaban J connectivity index is 1.47. The third-order valence-electron chi connectivity index (χ3n) is 6.97. The molecule has 1 aliphatic heterocycles. The molecule has 34 heavy (non-hydrogen) atoms. The minimum absolute atomic E-state index is 0.0390. The predicted molar refractivity (Wildman–Crippen MR) is 141 cm³/mol. The molecule has 2 aliphatic rings. The molecule has 1 fully saturated rings. The van der Waals surface area contributed by atoms with Crippen LogP contribution in [0.4, 0.5) is 5.69 Å². The number of anilines is 1. The summed E-state index contributed by atoms with van der Waals surface area (Å²) in [7, 11) is 4.06. The van der Waals surface area contributed by atoms with Gasteiger partial charge in [0.1, 0.15) is 0 Å². The summed E-state index contributed by atoms with van der Waals surface area (Å²) < 4.78 is 0. The summed E-state index contributed by atoms with van der Waals surface area (Å²) in [6, 6.07) is 14.3. The Hall–Kier alpha value is -2.08. The fraction of sp³-hybridized carbons (Fsp3) is 0.536. The highest BCUT2D eigenvalue weighted by Crippen LogP contribution is 2.40. The van der Waals surface area contributed by atoms with E-state index in [0.29, 0.717) is 18.1 Å². The molecule has 1 aliphatic carbocycles. The maximum Gasteiger partial charge on any atom is 0.242 e. The SMILES string of the molecule is CN(C)CCN(Cc1ccccc1Cl)C(=O)CNc1cccc2c1C(C)(C)CN(CC1CC1)C2. The topological polar surface area (TPSA) is 38.8 Å². The monoisotopic (exact) mass is 482 g/mol. The van der Waals surface area contributed by atoms with Crippen molar-refractivity contribution in [2.75, 3.05) is 52.1 Å². The van der Waals surface area contributed by atoms with Gasteiger partial charge in [-0.05, 0) is 61.7 Å². The van der Waals surface area contributed by atoms with E-state index in [1.165, 1.54) is 30.5 Å². The van der Waals surface area contributed by atoms with Gasteiger partial charge in [0.05, 0.1) is 6.54 Å². The molecule has 0 spiro atoms. The molecule has 2 aromatic carbocycles. The van der Waals surface area contributed by atoms with Crippen molar-refractivity contribution in [1.82, 2.24) is 14.7 Å². The second kappa shape index (κ2) is 10.7. The van der Waals surface area contributed by atoms with Crippen LogP contribution in [0.3, 0.4) is 0 Å². The molecule has 2 aromatic rings. The molecular weight excluding hydrogens is 444 g/mol. The van der Waals surface area contributed by atoms with Gasteiger partial charge in [-0.2, -0.15) is 0 Å². The smallest absolute Gasteiger partial charge is 0.242 e. The van der Waals surface area contributed by atoms with Crippen LogP contribution in [0.1, 0.15) is 43.4 Å². The number of carbonyl (C=O) groups excluding carboxylic acids is 1. The van der Waals surface area contributed by atoms with Crippen molar-refractivity contribution in [3.63, 3.8) is 0 Å². The third kappa shape index (κ3) is 6.32. The van der Waals surface area contributed by atoms with Gasteiger partial charge in [-0.3, -0.25) is 9.69 Å². The quantitative estimate of drug-likeness (QED) is 0.525. The minimum Gasteiger partial charge on any atom is -0.376 e. The average molecular weight is 483 g/mol. The number of fused-ring (bicyclic) bond motifs is 1. The van der Waals surface area contributed by atoms with Crippen molar-refractivity contribution in [2.45, 2.75) is 45.2 Å². The van der Waals surface area contributed by atoms with E-state index in [9.17, 15) is 4.79 Å². The number of likely N-dealkylation sites (N-methyl/N-ethyl adjacent to an activating group) is 1. The molecule has 1 saturated carbocycles. The van der Waals surface area contributed by atoms with E-state index in [1.807, 2.05) is 43.3 Å². The second-order valence-electron chi connectivity index (χ2n) is 10.9. The van der Waals surface area contributed by atoms with E-state index >= 15 is 0 Å². The van der Waals surface area contributed by atoms with Crippen molar-refractivity contribution >= 4 is 23.2 Å². The zero-order valence-corrected chi connectivity index (χ0v) is 21.9. The van der Waals surface area contributed by atoms with Crippen LogP contribution in [0, 0.1) is 5.92 Å². The van der Waals surface area contributed by atoms with E-state index in [0.717, 1.165) is 36.8 Å². The maximum atomic E-state index is 13.3. The molecule has 0 unspecified atom stereocenters. The lowest BCUT2D eigenvalue weighted by Gasteiger charge is -2.41. The van der Waals surface area contributed by atoms with E-state index in [-0.39, 0.29) is 17.9 Å². The lowest BCUT2D eigenvalue weighted by molar-refractivity contribution is -0.130. The number of benzene rings is 2. The Morgan fingerprint density at radius 3 is 2.59 bits per heavy atom. The average Bonchev–Trinajstić information content (AvgIpc) is 3.59. The van der Waals surface area contributed by atoms with Crippen LogP contribution in [0.2, 0.25) is 5.02 Å². The molecule has 1 N–H and O–H groups in total. The van der Waals surface area contributed by atoms with Crippen LogP contribution in [-0.4, -0.2) is 67.4 Å². The van der Waals surface area contributed by atoms with E-state index in [4.69, 9.17) is 11.6 Å². The fourth-order valence-electron chi connectivity index (χ4n) is 5.14. The number of halogens is 1. The van der Waals surface area contributed by atoms with E-state index < -0.39 is 0 Å². The highest BCUT2D eigenvalue weighted by atomic mass is 35.5. The summed E-state index contributed by atoms with van der Waals surface area (Å²) >= 11 is 6.40. The minimum atomic E-state index is 0.0390. The number of rotatable bonds is 10. The highest BCUT2D eigenvalue weighted by Gasteiger charge is 2.36. The Morgan fingerprint density at radius 1 is 1.12 bits per heavy atom. The molecule has 1 heterocycles. The zero-order valence-electron chi connectivity index (χ0n) is 21.1. The Kier molecular flexibility index (Phi) is 7.86. The molecule has 0 saturated heterocycles. The van der Waals surface area contributed by atoms with Crippen LogP contribution in [0.5, 0.6) is 0 Å². The Morgan fingerprint density at radius 2 is 1.88 bits per heavy atom. The van der Waals surface area contributed by atoms with Crippen molar-refractivity contribution in [3.8, 4) is 0 Å². The van der Waals surface area contributed by atoms with Gasteiger partial charge in [0.15, 0.2) is 0 Å². The van der Waals surface area contributed by atoms with Gasteiger partial charge in [0.2, 0.25) is 5.91 Å². The molecule has 1 amide bonds. The Labute approximate surface area is 210 Å². The molecular formula is C28H39ClN4O. The number of amides is 1. The summed E-state index contributed by atoms with van der Waals surface area (Å²) in [4.78, 5) is 20.0. The first-order valence-corrected chi connectivity index (χ1v) is 12.9. The number of nitrogens with one attached hydrogen (secondary N) is 1. The number of nitrogens with zero attached hydrogens (tertiary/aromatic N) is 3. The molecule has 0 atom stereocenters. The lowest BCUT2D eigenvalue weighted by atomic mass is 9.77. The standard InChI is InChI=1S/C28H39ClN4O/c1-28(2)20-32(17-21-12-13-21)18-23-9-7-11-25(27(23)28)30-16-26(34)33(15-14-31(3)4)19-22-8-5-6-10-24(22)29/h5-11,21,30H,12-20H2,1-4H3. The fourth-order valence-corrected chi connectivity index (χ4v) is 5.33. The van der Waals surface area contributed by atoms with Crippen LogP contribution in [0.15, 0.2) is 42.5 Å². The molecule has 0 bridgehead atoms. The maximum absolute atomic E-state index is 13.3. The first-order valence-electron chi connectivity index (χ1n) is 12.5. The van der Waals surface area contributed by atoms with E-state index in [1.54, 1.807) is 0 Å². The number of hydrogen-bond acceptors (Lipinski definition) is 4. The molecule has 6 heteroatoms. The van der Waals surface area contributed by atoms with Crippen molar-refractivity contribution in [1.29, 1.82) is 0 Å². The van der Waals surface area contributed by atoms with Crippen LogP contribution < -0.4 is 5.32 Å². The number of hydrogen-bond donors (Lipinski definition) is 1. The first-order chi connectivity index (χ1) is 16.2. The van der Waals surface area contributed by atoms with Crippen molar-refractivity contribution < 1.29 is 4.79 Å². The number of carbonyl (C=O) groups is 1. The third-order valence-corrected chi connectivity index (χ3v) is 7.34. The second-order valence-corrected chi connectivity index (χ2v) is 11.3. The molecule has 0 radical (unpaired) electrons. The summed E-state index contributed by atoms with van der Waals surface area (Å²) in [6.07, 6.45) is 2.76. The molecule has 4 rings (SSSR count). The van der Waals surface area contributed by atoms with Gasteiger partial charge in [0.25, 0.3) is 0 Å². The largest absolute Gasteiger partial charge is 0.376 e.